The Labute approximate surface area is 147 Å². The smallest absolute Gasteiger partial charge is 0.262 e. The molecule has 0 aromatic heterocycles. The van der Waals surface area contributed by atoms with Crippen molar-refractivity contribution >= 4 is 44.6 Å². The molecule has 120 valence electrons. The van der Waals surface area contributed by atoms with Crippen LogP contribution < -0.4 is 10.1 Å². The van der Waals surface area contributed by atoms with Crippen LogP contribution in [0.2, 0.25) is 0 Å². The van der Waals surface area contributed by atoms with E-state index in [4.69, 9.17) is 4.74 Å². The number of ether oxygens (including phenoxy) is 1. The summed E-state index contributed by atoms with van der Waals surface area (Å²) in [4.78, 5) is 23.2. The van der Waals surface area contributed by atoms with Crippen molar-refractivity contribution in [3.8, 4) is 5.75 Å². The number of hydrogen-bond acceptors (Lipinski definition) is 3. The molecule has 0 unspecified atom stereocenters. The van der Waals surface area contributed by atoms with E-state index < -0.39 is 0 Å². The van der Waals surface area contributed by atoms with E-state index in [1.807, 2.05) is 42.5 Å². The largest absolute Gasteiger partial charge is 0.483 e. The first kappa shape index (κ1) is 16.2. The molecule has 24 heavy (non-hydrogen) atoms. The molecule has 0 bridgehead atoms. The third-order valence-corrected chi connectivity index (χ3v) is 4.01. The van der Waals surface area contributed by atoms with Crippen molar-refractivity contribution in [1.82, 2.24) is 0 Å². The minimum absolute atomic E-state index is 0.175. The second-order valence-electron chi connectivity index (χ2n) is 5.16. The van der Waals surface area contributed by atoms with Gasteiger partial charge < -0.3 is 10.1 Å². The zero-order valence-electron chi connectivity index (χ0n) is 12.7. The molecule has 0 fully saturated rings. The average Bonchev–Trinajstić information content (AvgIpc) is 2.61. The molecule has 1 N–H and O–H groups in total. The van der Waals surface area contributed by atoms with Crippen molar-refractivity contribution in [2.75, 3.05) is 11.9 Å². The summed E-state index contributed by atoms with van der Waals surface area (Å²) in [7, 11) is 0. The van der Waals surface area contributed by atoms with Crippen LogP contribution in [0.4, 0.5) is 5.69 Å². The first-order valence-corrected chi connectivity index (χ1v) is 8.12. The number of rotatable bonds is 5. The van der Waals surface area contributed by atoms with Crippen LogP contribution in [-0.4, -0.2) is 18.8 Å². The van der Waals surface area contributed by atoms with Gasteiger partial charge in [0, 0.05) is 15.5 Å². The van der Waals surface area contributed by atoms with Gasteiger partial charge in [-0.2, -0.15) is 0 Å². The number of carbonyl (C=O) groups excluding carboxylic acids is 2. The van der Waals surface area contributed by atoms with Gasteiger partial charge in [0.2, 0.25) is 0 Å². The van der Waals surface area contributed by atoms with Crippen molar-refractivity contribution in [3.05, 3.63) is 70.7 Å². The van der Waals surface area contributed by atoms with E-state index in [1.165, 1.54) is 0 Å². The highest BCUT2D eigenvalue weighted by atomic mass is 79.9. The maximum absolute atomic E-state index is 12.2. The number of nitrogens with one attached hydrogen (secondary N) is 1. The number of halogens is 1. The van der Waals surface area contributed by atoms with Gasteiger partial charge in [0.25, 0.3) is 5.91 Å². The van der Waals surface area contributed by atoms with Crippen LogP contribution in [0.15, 0.2) is 65.1 Å². The molecule has 0 saturated heterocycles. The van der Waals surface area contributed by atoms with Gasteiger partial charge in [-0.1, -0.05) is 52.3 Å². The fourth-order valence-electron chi connectivity index (χ4n) is 2.41. The van der Waals surface area contributed by atoms with E-state index >= 15 is 0 Å². The Bertz CT molecular complexity index is 903. The highest BCUT2D eigenvalue weighted by molar-refractivity contribution is 9.10. The van der Waals surface area contributed by atoms with E-state index in [-0.39, 0.29) is 12.5 Å². The molecule has 4 nitrogen and oxygen atoms in total. The number of carbonyl (C=O) groups is 2. The minimum Gasteiger partial charge on any atom is -0.483 e. The molecule has 0 saturated carbocycles. The zero-order chi connectivity index (χ0) is 16.9. The third kappa shape index (κ3) is 3.63. The summed E-state index contributed by atoms with van der Waals surface area (Å²) in [5.74, 6) is 0.0902. The van der Waals surface area contributed by atoms with Gasteiger partial charge >= 0.3 is 0 Å². The fourth-order valence-corrected chi connectivity index (χ4v) is 2.79. The number of amides is 1. The Hall–Kier alpha value is -2.66. The molecular formula is C19H14BrNO3. The first-order valence-electron chi connectivity index (χ1n) is 7.32. The molecule has 3 rings (SSSR count). The molecule has 3 aromatic rings. The van der Waals surface area contributed by atoms with Crippen LogP contribution >= 0.6 is 15.9 Å². The van der Waals surface area contributed by atoms with Gasteiger partial charge in [-0.3, -0.25) is 9.59 Å². The predicted octanol–water partition coefficient (Wildman–Crippen LogP) is 4.43. The monoisotopic (exact) mass is 383 g/mol. The Morgan fingerprint density at radius 1 is 1.08 bits per heavy atom. The topological polar surface area (TPSA) is 55.4 Å². The van der Waals surface area contributed by atoms with Gasteiger partial charge in [-0.15, -0.1) is 0 Å². The molecule has 0 aliphatic heterocycles. The van der Waals surface area contributed by atoms with E-state index in [0.717, 1.165) is 20.9 Å². The lowest BCUT2D eigenvalue weighted by atomic mass is 10.1. The Morgan fingerprint density at radius 3 is 2.71 bits per heavy atom. The lowest BCUT2D eigenvalue weighted by Crippen LogP contribution is -2.20. The molecule has 0 aliphatic carbocycles. The summed E-state index contributed by atoms with van der Waals surface area (Å²) in [6.07, 6.45) is 0.697. The highest BCUT2D eigenvalue weighted by Gasteiger charge is 2.09. The molecular weight excluding hydrogens is 370 g/mol. The molecule has 3 aromatic carbocycles. The molecule has 0 radical (unpaired) electrons. The van der Waals surface area contributed by atoms with Gasteiger partial charge in [0.15, 0.2) is 12.9 Å². The number of hydrogen-bond donors (Lipinski definition) is 1. The number of benzene rings is 3. The summed E-state index contributed by atoms with van der Waals surface area (Å²) in [5.41, 5.74) is 1.12. The van der Waals surface area contributed by atoms with Crippen LogP contribution in [0, 0.1) is 0 Å². The van der Waals surface area contributed by atoms with Crippen molar-refractivity contribution < 1.29 is 14.3 Å². The van der Waals surface area contributed by atoms with Crippen molar-refractivity contribution in [1.29, 1.82) is 0 Å². The molecule has 1 amide bonds. The van der Waals surface area contributed by atoms with Gasteiger partial charge in [0.1, 0.15) is 5.75 Å². The summed E-state index contributed by atoms with van der Waals surface area (Å²) < 4.78 is 6.24. The van der Waals surface area contributed by atoms with Gasteiger partial charge in [-0.25, -0.2) is 0 Å². The lowest BCUT2D eigenvalue weighted by molar-refractivity contribution is -0.118. The predicted molar refractivity (Wildman–Crippen MR) is 97.6 cm³/mol. The minimum atomic E-state index is -0.286. The van der Waals surface area contributed by atoms with Crippen LogP contribution in [0.3, 0.4) is 0 Å². The fraction of sp³-hybridized carbons (Fsp3) is 0.0526. The van der Waals surface area contributed by atoms with E-state index in [9.17, 15) is 9.59 Å². The maximum atomic E-state index is 12.2. The highest BCUT2D eigenvalue weighted by Crippen LogP contribution is 2.24. The number of anilines is 1. The third-order valence-electron chi connectivity index (χ3n) is 3.52. The van der Waals surface area contributed by atoms with Crippen molar-refractivity contribution in [2.24, 2.45) is 0 Å². The molecule has 0 heterocycles. The maximum Gasteiger partial charge on any atom is 0.262 e. The molecule has 5 heteroatoms. The Balaban J connectivity index is 1.71. The SMILES string of the molecule is O=Cc1cc(Br)ccc1OCC(=O)Nc1cccc2ccccc12. The number of aldehydes is 1. The summed E-state index contributed by atoms with van der Waals surface area (Å²) in [5, 5.41) is 4.85. The van der Waals surface area contributed by atoms with Crippen LogP contribution in [-0.2, 0) is 4.79 Å². The summed E-state index contributed by atoms with van der Waals surface area (Å²) >= 11 is 3.29. The summed E-state index contributed by atoms with van der Waals surface area (Å²) in [6, 6.07) is 18.6. The average molecular weight is 384 g/mol. The second-order valence-corrected chi connectivity index (χ2v) is 6.08. The van der Waals surface area contributed by atoms with Crippen LogP contribution in [0.5, 0.6) is 5.75 Å². The van der Waals surface area contributed by atoms with Gasteiger partial charge in [0.05, 0.1) is 5.56 Å². The Kier molecular flexibility index (Phi) is 4.91. The van der Waals surface area contributed by atoms with Crippen LogP contribution in [0.1, 0.15) is 10.4 Å². The zero-order valence-corrected chi connectivity index (χ0v) is 14.2. The lowest BCUT2D eigenvalue weighted by Gasteiger charge is -2.11. The molecule has 0 spiro atoms. The standard InChI is InChI=1S/C19H14BrNO3/c20-15-8-9-18(14(10-15)11-22)24-12-19(23)21-17-7-3-5-13-4-1-2-6-16(13)17/h1-11H,12H2,(H,21,23). The van der Waals surface area contributed by atoms with Crippen molar-refractivity contribution in [3.63, 3.8) is 0 Å². The quantitative estimate of drug-likeness (QED) is 0.662. The normalized spacial score (nSPS) is 10.4. The van der Waals surface area contributed by atoms with E-state index in [1.54, 1.807) is 18.2 Å². The van der Waals surface area contributed by atoms with Gasteiger partial charge in [-0.05, 0) is 29.7 Å². The van der Waals surface area contributed by atoms with Crippen LogP contribution in [0.25, 0.3) is 10.8 Å². The second kappa shape index (κ2) is 7.27. The number of fused-ring (bicyclic) bond motifs is 1. The van der Waals surface area contributed by atoms with E-state index in [2.05, 4.69) is 21.2 Å². The van der Waals surface area contributed by atoms with E-state index in [0.29, 0.717) is 17.6 Å². The summed E-state index contributed by atoms with van der Waals surface area (Å²) in [6.45, 7) is -0.175. The molecule has 0 atom stereocenters. The Morgan fingerprint density at radius 2 is 1.88 bits per heavy atom. The first-order chi connectivity index (χ1) is 11.7. The van der Waals surface area contributed by atoms with Crippen molar-refractivity contribution in [2.45, 2.75) is 0 Å². The molecule has 0 aliphatic rings.